The van der Waals surface area contributed by atoms with Crippen LogP contribution < -0.4 is 0 Å². The molecule has 0 bridgehead atoms. The molecule has 5 atom stereocenters. The van der Waals surface area contributed by atoms with Gasteiger partial charge in [-0.25, -0.2) is 4.98 Å². The van der Waals surface area contributed by atoms with Gasteiger partial charge in [0.15, 0.2) is 0 Å². The van der Waals surface area contributed by atoms with Crippen LogP contribution in [0, 0.1) is 6.92 Å². The summed E-state index contributed by atoms with van der Waals surface area (Å²) in [5.41, 5.74) is 3.81. The summed E-state index contributed by atoms with van der Waals surface area (Å²) in [5, 5.41) is 40.8. The second kappa shape index (κ2) is 7.87. The topological polar surface area (TPSA) is 103 Å². The average Bonchev–Trinajstić information content (AvgIpc) is 3.11. The number of nitrogens with zero attached hydrogens (tertiary/aromatic N) is 1. The molecule has 1 aromatic heterocycles. The third-order valence-corrected chi connectivity index (χ3v) is 6.31. The summed E-state index contributed by atoms with van der Waals surface area (Å²) in [4.78, 5) is 4.69. The SMILES string of the molecule is Cc1ccc(C2OC(CO)[C@@H](O)C(O)[C@H]2O)cc1Cc1nc2ccccc2s1. The summed E-state index contributed by atoms with van der Waals surface area (Å²) >= 11 is 1.65. The molecule has 7 heteroatoms. The summed E-state index contributed by atoms with van der Waals surface area (Å²) < 4.78 is 6.83. The Morgan fingerprint density at radius 3 is 2.57 bits per heavy atom. The maximum Gasteiger partial charge on any atom is 0.113 e. The van der Waals surface area contributed by atoms with Crippen LogP contribution in [-0.4, -0.2) is 56.4 Å². The Labute approximate surface area is 166 Å². The quantitative estimate of drug-likeness (QED) is 0.531. The highest BCUT2D eigenvalue weighted by molar-refractivity contribution is 7.18. The summed E-state index contributed by atoms with van der Waals surface area (Å²) in [6.45, 7) is 1.57. The number of ether oxygens (including phenoxy) is 1. The molecule has 2 heterocycles. The van der Waals surface area contributed by atoms with E-state index in [0.29, 0.717) is 12.0 Å². The fourth-order valence-corrected chi connectivity index (χ4v) is 4.58. The molecule has 1 fully saturated rings. The highest BCUT2D eigenvalue weighted by Gasteiger charge is 2.43. The lowest BCUT2D eigenvalue weighted by Crippen LogP contribution is -2.55. The molecule has 3 unspecified atom stereocenters. The van der Waals surface area contributed by atoms with Crippen LogP contribution in [0.5, 0.6) is 0 Å². The monoisotopic (exact) mass is 401 g/mol. The van der Waals surface area contributed by atoms with Crippen molar-refractivity contribution in [3.8, 4) is 0 Å². The van der Waals surface area contributed by atoms with Gasteiger partial charge < -0.3 is 25.2 Å². The Morgan fingerprint density at radius 2 is 1.82 bits per heavy atom. The van der Waals surface area contributed by atoms with Crippen LogP contribution in [-0.2, 0) is 11.2 Å². The van der Waals surface area contributed by atoms with Crippen LogP contribution >= 0.6 is 11.3 Å². The zero-order valence-electron chi connectivity index (χ0n) is 15.4. The number of hydrogen-bond donors (Lipinski definition) is 4. The maximum absolute atomic E-state index is 10.4. The second-order valence-electron chi connectivity index (χ2n) is 7.19. The van der Waals surface area contributed by atoms with Gasteiger partial charge in [-0.3, -0.25) is 0 Å². The third kappa shape index (κ3) is 3.57. The molecule has 6 nitrogen and oxygen atoms in total. The number of hydrogen-bond acceptors (Lipinski definition) is 7. The van der Waals surface area contributed by atoms with Crippen molar-refractivity contribution in [2.24, 2.45) is 0 Å². The summed E-state index contributed by atoms with van der Waals surface area (Å²) in [7, 11) is 0. The molecule has 1 saturated heterocycles. The van der Waals surface area contributed by atoms with Crippen molar-refractivity contribution in [3.63, 3.8) is 0 Å². The van der Waals surface area contributed by atoms with Gasteiger partial charge in [-0.15, -0.1) is 11.3 Å². The fourth-order valence-electron chi connectivity index (χ4n) is 3.59. The van der Waals surface area contributed by atoms with E-state index in [2.05, 4.69) is 4.98 Å². The molecule has 0 saturated carbocycles. The van der Waals surface area contributed by atoms with Gasteiger partial charge >= 0.3 is 0 Å². The van der Waals surface area contributed by atoms with Crippen molar-refractivity contribution in [1.29, 1.82) is 0 Å². The van der Waals surface area contributed by atoms with E-state index in [1.54, 1.807) is 11.3 Å². The summed E-state index contributed by atoms with van der Waals surface area (Å²) in [6.07, 6.45) is -5.12. The molecule has 1 aliphatic heterocycles. The molecule has 2 aromatic carbocycles. The number of thiazole rings is 1. The molecular weight excluding hydrogens is 378 g/mol. The van der Waals surface area contributed by atoms with E-state index in [9.17, 15) is 20.4 Å². The number of para-hydroxylation sites is 1. The van der Waals surface area contributed by atoms with Gasteiger partial charge in [0.25, 0.3) is 0 Å². The maximum atomic E-state index is 10.4. The molecule has 0 radical (unpaired) electrons. The molecule has 0 amide bonds. The van der Waals surface area contributed by atoms with Gasteiger partial charge in [-0.2, -0.15) is 0 Å². The van der Waals surface area contributed by atoms with Gasteiger partial charge in [0.1, 0.15) is 30.5 Å². The molecule has 0 spiro atoms. The number of fused-ring (bicyclic) bond motifs is 1. The van der Waals surface area contributed by atoms with Crippen molar-refractivity contribution in [2.45, 2.75) is 43.9 Å². The van der Waals surface area contributed by atoms with Gasteiger partial charge in [0.05, 0.1) is 21.8 Å². The van der Waals surface area contributed by atoms with E-state index in [4.69, 9.17) is 4.74 Å². The molecule has 0 aliphatic carbocycles. The Bertz CT molecular complexity index is 939. The highest BCUT2D eigenvalue weighted by Crippen LogP contribution is 2.34. The number of rotatable bonds is 4. The summed E-state index contributed by atoms with van der Waals surface area (Å²) in [6, 6.07) is 13.7. The lowest BCUT2D eigenvalue weighted by Gasteiger charge is -2.40. The van der Waals surface area contributed by atoms with Crippen LogP contribution in [0.15, 0.2) is 42.5 Å². The Balaban J connectivity index is 1.63. The average molecular weight is 401 g/mol. The first-order chi connectivity index (χ1) is 13.5. The first-order valence-corrected chi connectivity index (χ1v) is 10.0. The number of aromatic nitrogens is 1. The highest BCUT2D eigenvalue weighted by atomic mass is 32.1. The smallest absolute Gasteiger partial charge is 0.113 e. The molecule has 28 heavy (non-hydrogen) atoms. The van der Waals surface area contributed by atoms with Crippen LogP contribution in [0.4, 0.5) is 0 Å². The van der Waals surface area contributed by atoms with Gasteiger partial charge in [0, 0.05) is 6.42 Å². The van der Waals surface area contributed by atoms with E-state index in [-0.39, 0.29) is 0 Å². The van der Waals surface area contributed by atoms with E-state index >= 15 is 0 Å². The Hall–Kier alpha value is -1.87. The fraction of sp³-hybridized carbons (Fsp3) is 0.381. The van der Waals surface area contributed by atoms with Crippen molar-refractivity contribution in [2.75, 3.05) is 6.61 Å². The standard InChI is InChI=1S/C21H23NO5S/c1-11-6-7-12(21-20(26)19(25)18(24)15(10-23)27-21)8-13(11)9-17-22-14-4-2-3-5-16(14)28-17/h2-8,15,18-21,23-26H,9-10H2,1H3/t15?,18-,19?,20-,21?/m1/s1. The van der Waals surface area contributed by atoms with Gasteiger partial charge in [0.2, 0.25) is 0 Å². The second-order valence-corrected chi connectivity index (χ2v) is 8.30. The molecule has 4 N–H and O–H groups in total. The minimum atomic E-state index is -1.38. The minimum absolute atomic E-state index is 0.439. The number of aryl methyl sites for hydroxylation is 1. The predicted octanol–water partition coefficient (Wildman–Crippen LogP) is 1.71. The molecule has 1 aliphatic rings. The first-order valence-electron chi connectivity index (χ1n) is 9.22. The molecular formula is C21H23NO5S. The zero-order chi connectivity index (χ0) is 19.8. The largest absolute Gasteiger partial charge is 0.394 e. The lowest BCUT2D eigenvalue weighted by atomic mass is 9.89. The van der Waals surface area contributed by atoms with Crippen molar-refractivity contribution >= 4 is 21.6 Å². The van der Waals surface area contributed by atoms with E-state index < -0.39 is 37.1 Å². The molecule has 148 valence electrons. The Morgan fingerprint density at radius 1 is 1.04 bits per heavy atom. The lowest BCUT2D eigenvalue weighted by molar-refractivity contribution is -0.231. The van der Waals surface area contributed by atoms with Crippen LogP contribution in [0.1, 0.15) is 27.8 Å². The number of benzene rings is 2. The predicted molar refractivity (Wildman–Crippen MR) is 106 cm³/mol. The van der Waals surface area contributed by atoms with Crippen molar-refractivity contribution in [3.05, 3.63) is 64.2 Å². The minimum Gasteiger partial charge on any atom is -0.394 e. The van der Waals surface area contributed by atoms with Crippen molar-refractivity contribution in [1.82, 2.24) is 4.98 Å². The number of aliphatic hydroxyl groups is 4. The zero-order valence-corrected chi connectivity index (χ0v) is 16.2. The van der Waals surface area contributed by atoms with E-state index in [0.717, 1.165) is 26.4 Å². The molecule has 3 aromatic rings. The normalized spacial score (nSPS) is 28.0. The Kier molecular flexibility index (Phi) is 5.46. The van der Waals surface area contributed by atoms with E-state index in [1.807, 2.05) is 49.4 Å². The van der Waals surface area contributed by atoms with Crippen LogP contribution in [0.2, 0.25) is 0 Å². The van der Waals surface area contributed by atoms with Crippen molar-refractivity contribution < 1.29 is 25.2 Å². The van der Waals surface area contributed by atoms with Crippen LogP contribution in [0.3, 0.4) is 0 Å². The first kappa shape index (κ1) is 19.4. The summed E-state index contributed by atoms with van der Waals surface area (Å²) in [5.74, 6) is 0. The third-order valence-electron chi connectivity index (χ3n) is 5.27. The van der Waals surface area contributed by atoms with Crippen LogP contribution in [0.25, 0.3) is 10.2 Å². The van der Waals surface area contributed by atoms with Gasteiger partial charge in [-0.05, 0) is 35.7 Å². The van der Waals surface area contributed by atoms with E-state index in [1.165, 1.54) is 0 Å². The van der Waals surface area contributed by atoms with Gasteiger partial charge in [-0.1, -0.05) is 30.3 Å². The number of aliphatic hydroxyl groups excluding tert-OH is 4. The molecule has 4 rings (SSSR count).